The van der Waals surface area contributed by atoms with Crippen molar-refractivity contribution in [3.8, 4) is 28.6 Å². The number of esters is 1. The summed E-state index contributed by atoms with van der Waals surface area (Å²) >= 11 is 0. The molecule has 0 spiro atoms. The third-order valence-electron chi connectivity index (χ3n) is 8.11. The zero-order chi connectivity index (χ0) is 33.4. The highest BCUT2D eigenvalue weighted by molar-refractivity contribution is 5.88. The van der Waals surface area contributed by atoms with E-state index >= 15 is 0 Å². The van der Waals surface area contributed by atoms with E-state index in [1.54, 1.807) is 24.3 Å². The average Bonchev–Trinajstić information content (AvgIpc) is 3.03. The van der Waals surface area contributed by atoms with Crippen LogP contribution in [0, 0.1) is 0 Å². The standard InChI is InChI=1S/C31H36O15/c1-12-28(43-13(2)33)26(38)27(39)31(42-12)46-30-25(37)23(35)20(11-32)45-29(30)22-18(41-4)10-19-21(24(22)36)16(34)9-17(44-19)14-5-7-15(40-3)8-6-14/h5-10,12,20,23,25-32,35-39H,11H2,1-4H3/t12-,20+,23+,25-,26-,27+,28-,29-,30+,31-/m0/s1. The van der Waals surface area contributed by atoms with Gasteiger partial charge in [0.25, 0.3) is 0 Å². The van der Waals surface area contributed by atoms with Crippen LogP contribution < -0.4 is 14.9 Å². The number of phenolic OH excluding ortho intramolecular Hbond substituents is 1. The summed E-state index contributed by atoms with van der Waals surface area (Å²) in [5.41, 5.74) is -0.345. The van der Waals surface area contributed by atoms with Gasteiger partial charge in [-0.2, -0.15) is 0 Å². The molecule has 15 nitrogen and oxygen atoms in total. The van der Waals surface area contributed by atoms with Crippen LogP contribution in [0.5, 0.6) is 17.2 Å². The Hall–Kier alpha value is -3.80. The molecule has 2 saturated heterocycles. The highest BCUT2D eigenvalue weighted by Gasteiger charge is 2.52. The van der Waals surface area contributed by atoms with Crippen LogP contribution >= 0.6 is 0 Å². The Morgan fingerprint density at radius 2 is 1.59 bits per heavy atom. The molecule has 0 bridgehead atoms. The molecule has 3 heterocycles. The van der Waals surface area contributed by atoms with Gasteiger partial charge in [0.2, 0.25) is 0 Å². The molecule has 10 atom stereocenters. The Kier molecular flexibility index (Phi) is 9.86. The highest BCUT2D eigenvalue weighted by Crippen LogP contribution is 2.46. The van der Waals surface area contributed by atoms with Crippen molar-refractivity contribution in [3.05, 3.63) is 52.2 Å². The van der Waals surface area contributed by atoms with Gasteiger partial charge in [-0.05, 0) is 31.2 Å². The van der Waals surface area contributed by atoms with Crippen molar-refractivity contribution in [2.45, 2.75) is 75.1 Å². The summed E-state index contributed by atoms with van der Waals surface area (Å²) in [5.74, 6) is -0.677. The Balaban J connectivity index is 1.57. The SMILES string of the molecule is COc1ccc(-c2cc(=O)c3c(O)c([C@@H]4O[C@H](CO)[C@@H](O)[C@H](O)[C@H]4O[C@@H]4O[C@@H](C)[C@H](OC(C)=O)[C@@H](O)[C@H]4O)c(OC)cc3o2)cc1. The lowest BCUT2D eigenvalue weighted by atomic mass is 9.89. The number of hydrogen-bond donors (Lipinski definition) is 6. The molecular formula is C31H36O15. The number of hydrogen-bond acceptors (Lipinski definition) is 15. The average molecular weight is 649 g/mol. The van der Waals surface area contributed by atoms with Crippen LogP contribution in [-0.4, -0.2) is 113 Å². The highest BCUT2D eigenvalue weighted by atomic mass is 16.7. The fourth-order valence-corrected chi connectivity index (χ4v) is 5.74. The molecule has 0 radical (unpaired) electrons. The van der Waals surface area contributed by atoms with Crippen LogP contribution in [0.15, 0.2) is 45.6 Å². The second kappa shape index (κ2) is 13.5. The number of fused-ring (bicyclic) bond motifs is 1. The van der Waals surface area contributed by atoms with Crippen molar-refractivity contribution in [3.63, 3.8) is 0 Å². The Labute approximate surface area is 262 Å². The summed E-state index contributed by atoms with van der Waals surface area (Å²) in [7, 11) is 2.78. The second-order valence-corrected chi connectivity index (χ2v) is 11.0. The molecule has 2 aromatic carbocycles. The largest absolute Gasteiger partial charge is 0.506 e. The van der Waals surface area contributed by atoms with E-state index in [9.17, 15) is 40.2 Å². The fourth-order valence-electron chi connectivity index (χ4n) is 5.74. The normalized spacial score (nSPS) is 31.4. The zero-order valence-electron chi connectivity index (χ0n) is 25.3. The molecule has 250 valence electrons. The lowest BCUT2D eigenvalue weighted by Crippen LogP contribution is -2.62. The molecule has 2 aliphatic heterocycles. The maximum atomic E-state index is 13.4. The summed E-state index contributed by atoms with van der Waals surface area (Å²) in [6, 6.07) is 9.24. The number of ether oxygens (including phenoxy) is 6. The molecular weight excluding hydrogens is 612 g/mol. The molecule has 1 aromatic heterocycles. The molecule has 15 heteroatoms. The van der Waals surface area contributed by atoms with Crippen molar-refractivity contribution in [2.24, 2.45) is 0 Å². The zero-order valence-corrected chi connectivity index (χ0v) is 25.3. The molecule has 46 heavy (non-hydrogen) atoms. The van der Waals surface area contributed by atoms with Gasteiger partial charge in [0, 0.05) is 24.6 Å². The van der Waals surface area contributed by atoms with E-state index in [0.29, 0.717) is 11.3 Å². The smallest absolute Gasteiger partial charge is 0.303 e. The van der Waals surface area contributed by atoms with Gasteiger partial charge in [0.1, 0.15) is 76.7 Å². The summed E-state index contributed by atoms with van der Waals surface area (Å²) in [6.07, 6.45) is -15.5. The Bertz CT molecular complexity index is 1600. The lowest BCUT2D eigenvalue weighted by Gasteiger charge is -2.46. The van der Waals surface area contributed by atoms with Gasteiger partial charge in [-0.1, -0.05) is 0 Å². The predicted molar refractivity (Wildman–Crippen MR) is 156 cm³/mol. The first-order chi connectivity index (χ1) is 21.9. The van der Waals surface area contributed by atoms with Gasteiger partial charge < -0.3 is 63.5 Å². The Morgan fingerprint density at radius 3 is 2.20 bits per heavy atom. The van der Waals surface area contributed by atoms with Crippen LogP contribution in [0.4, 0.5) is 0 Å². The Morgan fingerprint density at radius 1 is 0.913 bits per heavy atom. The molecule has 5 rings (SSSR count). The number of aliphatic hydroxyl groups excluding tert-OH is 5. The first-order valence-corrected chi connectivity index (χ1v) is 14.4. The maximum absolute atomic E-state index is 13.4. The molecule has 2 fully saturated rings. The first-order valence-electron chi connectivity index (χ1n) is 14.4. The number of aliphatic hydroxyl groups is 5. The minimum atomic E-state index is -1.82. The number of aromatic hydroxyl groups is 1. The van der Waals surface area contributed by atoms with Crippen molar-refractivity contribution in [2.75, 3.05) is 20.8 Å². The van der Waals surface area contributed by atoms with Crippen molar-refractivity contribution < 1.29 is 68.3 Å². The van der Waals surface area contributed by atoms with E-state index in [0.717, 1.165) is 6.92 Å². The lowest BCUT2D eigenvalue weighted by molar-refractivity contribution is -0.338. The quantitative estimate of drug-likeness (QED) is 0.179. The summed E-state index contributed by atoms with van der Waals surface area (Å²) in [4.78, 5) is 24.9. The number of rotatable bonds is 8. The number of methoxy groups -OCH3 is 2. The molecule has 2 aliphatic rings. The van der Waals surface area contributed by atoms with Crippen molar-refractivity contribution >= 4 is 16.9 Å². The van der Waals surface area contributed by atoms with Crippen LogP contribution in [0.3, 0.4) is 0 Å². The van der Waals surface area contributed by atoms with Crippen LogP contribution in [0.25, 0.3) is 22.3 Å². The van der Waals surface area contributed by atoms with Gasteiger partial charge in [0.15, 0.2) is 17.8 Å². The van der Waals surface area contributed by atoms with Crippen molar-refractivity contribution in [1.82, 2.24) is 0 Å². The van der Waals surface area contributed by atoms with Gasteiger partial charge in [-0.3, -0.25) is 9.59 Å². The molecule has 0 unspecified atom stereocenters. The summed E-state index contributed by atoms with van der Waals surface area (Å²) < 4.78 is 39.2. The van der Waals surface area contributed by atoms with E-state index < -0.39 is 85.0 Å². The maximum Gasteiger partial charge on any atom is 0.303 e. The van der Waals surface area contributed by atoms with E-state index in [4.69, 9.17) is 32.8 Å². The summed E-state index contributed by atoms with van der Waals surface area (Å²) in [6.45, 7) is 1.82. The minimum Gasteiger partial charge on any atom is -0.506 e. The first kappa shape index (κ1) is 33.6. The summed E-state index contributed by atoms with van der Waals surface area (Å²) in [5, 5.41) is 64.5. The molecule has 0 amide bonds. The number of phenols is 1. The number of carbonyl (C=O) groups is 1. The van der Waals surface area contributed by atoms with Gasteiger partial charge in [-0.25, -0.2) is 0 Å². The second-order valence-electron chi connectivity index (χ2n) is 11.0. The van der Waals surface area contributed by atoms with E-state index in [1.807, 2.05) is 0 Å². The fraction of sp³-hybridized carbons (Fsp3) is 0.484. The van der Waals surface area contributed by atoms with Gasteiger partial charge in [0.05, 0.1) is 32.5 Å². The topological polar surface area (TPSA) is 224 Å². The third-order valence-corrected chi connectivity index (χ3v) is 8.11. The number of carbonyl (C=O) groups excluding carboxylic acids is 1. The number of benzene rings is 2. The predicted octanol–water partition coefficient (Wildman–Crippen LogP) is 0.120. The third kappa shape index (κ3) is 6.15. The molecule has 0 aliphatic carbocycles. The van der Waals surface area contributed by atoms with Crippen LogP contribution in [0.2, 0.25) is 0 Å². The van der Waals surface area contributed by atoms with Crippen molar-refractivity contribution in [1.29, 1.82) is 0 Å². The molecule has 0 saturated carbocycles. The van der Waals surface area contributed by atoms with E-state index in [2.05, 4.69) is 0 Å². The van der Waals surface area contributed by atoms with E-state index in [-0.39, 0.29) is 28.0 Å². The monoisotopic (exact) mass is 648 g/mol. The van der Waals surface area contributed by atoms with E-state index in [1.165, 1.54) is 33.3 Å². The van der Waals surface area contributed by atoms with Gasteiger partial charge >= 0.3 is 5.97 Å². The van der Waals surface area contributed by atoms with Gasteiger partial charge in [-0.15, -0.1) is 0 Å². The van der Waals surface area contributed by atoms with Crippen LogP contribution in [-0.2, 0) is 23.7 Å². The molecule has 6 N–H and O–H groups in total. The molecule has 3 aromatic rings. The minimum absolute atomic E-state index is 0.0523. The van der Waals surface area contributed by atoms with Crippen LogP contribution in [0.1, 0.15) is 25.5 Å².